The Kier molecular flexibility index (Phi) is 3.47. The molecule has 6 nitrogen and oxygen atoms in total. The van der Waals surface area contributed by atoms with Gasteiger partial charge < -0.3 is 15.3 Å². The van der Waals surface area contributed by atoms with Crippen molar-refractivity contribution in [3.05, 3.63) is 35.2 Å². The van der Waals surface area contributed by atoms with E-state index in [4.69, 9.17) is 10.4 Å². The molecule has 0 aliphatic rings. The quantitative estimate of drug-likeness (QED) is 0.566. The van der Waals surface area contributed by atoms with E-state index in [1.54, 1.807) is 6.07 Å². The van der Waals surface area contributed by atoms with Crippen LogP contribution < -0.4 is 16.6 Å². The Balaban J connectivity index is 2.18. The maximum absolute atomic E-state index is 5.33. The van der Waals surface area contributed by atoms with Crippen molar-refractivity contribution < 1.29 is 4.52 Å². The van der Waals surface area contributed by atoms with Crippen LogP contribution >= 0.6 is 0 Å². The molecule has 0 radical (unpaired) electrons. The summed E-state index contributed by atoms with van der Waals surface area (Å²) in [5, 5.41) is 7.24. The second kappa shape index (κ2) is 5.05. The predicted octanol–water partition coefficient (Wildman–Crippen LogP) is 2.15. The number of hydrogen-bond donors (Lipinski definition) is 3. The highest BCUT2D eigenvalue weighted by molar-refractivity contribution is 5.46. The molecule has 1 atom stereocenters. The van der Waals surface area contributed by atoms with Crippen LogP contribution in [0.3, 0.4) is 0 Å². The average molecular weight is 247 g/mol. The molecule has 0 amide bonds. The van der Waals surface area contributed by atoms with E-state index in [2.05, 4.69) is 20.9 Å². The van der Waals surface area contributed by atoms with Gasteiger partial charge in [0.25, 0.3) is 0 Å². The molecular formula is C12H17N5O. The molecule has 0 saturated carbocycles. The number of aryl methyl sites for hydroxylation is 2. The lowest BCUT2D eigenvalue weighted by Crippen LogP contribution is -2.12. The number of nitrogens with one attached hydrogen (secondary N) is 2. The minimum atomic E-state index is 0.0665. The molecule has 0 aliphatic heterocycles. The van der Waals surface area contributed by atoms with Gasteiger partial charge in [0.1, 0.15) is 17.4 Å². The molecule has 1 unspecified atom stereocenters. The van der Waals surface area contributed by atoms with Crippen LogP contribution in [-0.2, 0) is 0 Å². The Morgan fingerprint density at radius 2 is 2.00 bits per heavy atom. The number of nitrogens with two attached hydrogens (primary N) is 1. The molecule has 2 aromatic heterocycles. The second-order valence-corrected chi connectivity index (χ2v) is 4.16. The van der Waals surface area contributed by atoms with Crippen LogP contribution in [0.15, 0.2) is 22.7 Å². The number of hydrogen-bond acceptors (Lipinski definition) is 6. The summed E-state index contributed by atoms with van der Waals surface area (Å²) in [4.78, 5) is 4.30. The number of rotatable bonds is 4. The summed E-state index contributed by atoms with van der Waals surface area (Å²) in [5.74, 6) is 7.51. The molecule has 2 rings (SSSR count). The fraction of sp³-hybridized carbons (Fsp3) is 0.333. The fourth-order valence-corrected chi connectivity index (χ4v) is 2.00. The van der Waals surface area contributed by atoms with Gasteiger partial charge in [-0.2, -0.15) is 0 Å². The van der Waals surface area contributed by atoms with Gasteiger partial charge in [0.2, 0.25) is 0 Å². The summed E-state index contributed by atoms with van der Waals surface area (Å²) >= 11 is 0. The number of nitrogen functional groups attached to an aromatic ring is 1. The third-order valence-electron chi connectivity index (χ3n) is 2.78. The number of aromatic nitrogens is 2. The van der Waals surface area contributed by atoms with Crippen molar-refractivity contribution in [1.29, 1.82) is 0 Å². The Morgan fingerprint density at radius 1 is 1.28 bits per heavy atom. The van der Waals surface area contributed by atoms with Crippen molar-refractivity contribution in [2.24, 2.45) is 5.84 Å². The van der Waals surface area contributed by atoms with Crippen molar-refractivity contribution in [3.8, 4) is 0 Å². The minimum absolute atomic E-state index is 0.0665. The van der Waals surface area contributed by atoms with Gasteiger partial charge in [0, 0.05) is 5.56 Å². The zero-order chi connectivity index (χ0) is 13.1. The highest BCUT2D eigenvalue weighted by Crippen LogP contribution is 2.24. The Labute approximate surface area is 106 Å². The maximum atomic E-state index is 5.33. The van der Waals surface area contributed by atoms with Gasteiger partial charge in [-0.1, -0.05) is 11.2 Å². The number of nitrogens with zero attached hydrogens (tertiary/aromatic N) is 2. The van der Waals surface area contributed by atoms with E-state index in [1.807, 2.05) is 32.9 Å². The molecule has 0 fully saturated rings. The monoisotopic (exact) mass is 247 g/mol. The normalized spacial score (nSPS) is 12.2. The number of pyridine rings is 1. The molecule has 18 heavy (non-hydrogen) atoms. The zero-order valence-corrected chi connectivity index (χ0v) is 10.7. The first-order chi connectivity index (χ1) is 8.61. The largest absolute Gasteiger partial charge is 0.363 e. The SMILES string of the molecule is Cc1noc(C)c1C(C)Nc1cccc(NN)n1. The Morgan fingerprint density at radius 3 is 2.61 bits per heavy atom. The fourth-order valence-electron chi connectivity index (χ4n) is 2.00. The lowest BCUT2D eigenvalue weighted by atomic mass is 10.1. The Bertz CT molecular complexity index is 518. The molecule has 0 aliphatic carbocycles. The van der Waals surface area contributed by atoms with E-state index in [1.165, 1.54) is 0 Å². The summed E-state index contributed by atoms with van der Waals surface area (Å²) in [5.41, 5.74) is 4.46. The lowest BCUT2D eigenvalue weighted by molar-refractivity contribution is 0.392. The maximum Gasteiger partial charge on any atom is 0.142 e. The van der Waals surface area contributed by atoms with Crippen molar-refractivity contribution in [2.45, 2.75) is 26.8 Å². The molecule has 4 N–H and O–H groups in total. The third kappa shape index (κ3) is 2.43. The summed E-state index contributed by atoms with van der Waals surface area (Å²) < 4.78 is 5.16. The second-order valence-electron chi connectivity index (χ2n) is 4.16. The van der Waals surface area contributed by atoms with Gasteiger partial charge in [0.15, 0.2) is 0 Å². The van der Waals surface area contributed by atoms with E-state index in [0.717, 1.165) is 22.8 Å². The van der Waals surface area contributed by atoms with Crippen LogP contribution in [0, 0.1) is 13.8 Å². The minimum Gasteiger partial charge on any atom is -0.363 e. The third-order valence-corrected chi connectivity index (χ3v) is 2.78. The standard InChI is InChI=1S/C12H17N5O/c1-7(12-8(2)17-18-9(12)3)14-10-5-4-6-11(15-10)16-13/h4-7H,13H2,1-3H3,(H2,14,15,16). The average Bonchev–Trinajstić information content (AvgIpc) is 2.69. The number of anilines is 2. The van der Waals surface area contributed by atoms with Gasteiger partial charge in [-0.3, -0.25) is 0 Å². The van der Waals surface area contributed by atoms with Crippen LogP contribution in [0.5, 0.6) is 0 Å². The first-order valence-corrected chi connectivity index (χ1v) is 5.74. The molecular weight excluding hydrogens is 230 g/mol. The van der Waals surface area contributed by atoms with Crippen LogP contribution in [0.1, 0.15) is 30.0 Å². The van der Waals surface area contributed by atoms with E-state index in [0.29, 0.717) is 5.82 Å². The van der Waals surface area contributed by atoms with Crippen molar-refractivity contribution in [3.63, 3.8) is 0 Å². The molecule has 0 aromatic carbocycles. The highest BCUT2D eigenvalue weighted by Gasteiger charge is 2.16. The molecule has 96 valence electrons. The molecule has 2 heterocycles. The van der Waals surface area contributed by atoms with Gasteiger partial charge in [-0.05, 0) is 32.9 Å². The van der Waals surface area contributed by atoms with Gasteiger partial charge in [0.05, 0.1) is 11.7 Å². The predicted molar refractivity (Wildman–Crippen MR) is 70.1 cm³/mol. The molecule has 0 saturated heterocycles. The van der Waals surface area contributed by atoms with E-state index < -0.39 is 0 Å². The van der Waals surface area contributed by atoms with Crippen molar-refractivity contribution >= 4 is 11.6 Å². The lowest BCUT2D eigenvalue weighted by Gasteiger charge is -2.14. The van der Waals surface area contributed by atoms with Crippen molar-refractivity contribution in [2.75, 3.05) is 10.7 Å². The zero-order valence-electron chi connectivity index (χ0n) is 10.7. The van der Waals surface area contributed by atoms with Crippen LogP contribution in [-0.4, -0.2) is 10.1 Å². The van der Waals surface area contributed by atoms with E-state index >= 15 is 0 Å². The van der Waals surface area contributed by atoms with Gasteiger partial charge >= 0.3 is 0 Å². The summed E-state index contributed by atoms with van der Waals surface area (Å²) in [7, 11) is 0. The first-order valence-electron chi connectivity index (χ1n) is 5.74. The van der Waals surface area contributed by atoms with Crippen LogP contribution in [0.25, 0.3) is 0 Å². The van der Waals surface area contributed by atoms with Crippen LogP contribution in [0.4, 0.5) is 11.6 Å². The first kappa shape index (κ1) is 12.4. The van der Waals surface area contributed by atoms with E-state index in [9.17, 15) is 0 Å². The van der Waals surface area contributed by atoms with Gasteiger partial charge in [-0.15, -0.1) is 0 Å². The van der Waals surface area contributed by atoms with Crippen molar-refractivity contribution in [1.82, 2.24) is 10.1 Å². The van der Waals surface area contributed by atoms with E-state index in [-0.39, 0.29) is 6.04 Å². The Hall–Kier alpha value is -2.08. The number of hydrazine groups is 1. The van der Waals surface area contributed by atoms with Gasteiger partial charge in [-0.25, -0.2) is 10.8 Å². The summed E-state index contributed by atoms with van der Waals surface area (Å²) in [6, 6.07) is 5.63. The summed E-state index contributed by atoms with van der Waals surface area (Å²) in [6.07, 6.45) is 0. The summed E-state index contributed by atoms with van der Waals surface area (Å²) in [6.45, 7) is 5.87. The molecule has 0 spiro atoms. The topological polar surface area (TPSA) is 89.0 Å². The smallest absolute Gasteiger partial charge is 0.142 e. The molecule has 6 heteroatoms. The highest BCUT2D eigenvalue weighted by atomic mass is 16.5. The van der Waals surface area contributed by atoms with Crippen LogP contribution in [0.2, 0.25) is 0 Å². The molecule has 0 bridgehead atoms. The molecule has 2 aromatic rings.